The van der Waals surface area contributed by atoms with Gasteiger partial charge in [-0.2, -0.15) is 0 Å². The Morgan fingerprint density at radius 3 is 2.44 bits per heavy atom. The van der Waals surface area contributed by atoms with Crippen molar-refractivity contribution in [1.82, 2.24) is 0 Å². The fourth-order valence-electron chi connectivity index (χ4n) is 8.85. The summed E-state index contributed by atoms with van der Waals surface area (Å²) < 4.78 is 0. The molecule has 178 valence electrons. The molecule has 6 atom stereocenters. The molecule has 0 heterocycles. The predicted octanol–water partition coefficient (Wildman–Crippen LogP) is 7.36. The molecule has 0 saturated heterocycles. The number of aliphatic carboxylic acids is 1. The second-order valence-electron chi connectivity index (χ2n) is 12.7. The Bertz CT molecular complexity index is 858. The zero-order valence-corrected chi connectivity index (χ0v) is 21.2. The summed E-state index contributed by atoms with van der Waals surface area (Å²) in [6.45, 7) is 13.4. The van der Waals surface area contributed by atoms with Crippen LogP contribution in [0.1, 0.15) is 106 Å². The molecule has 0 spiro atoms. The molecule has 0 aromatic rings. The molecule has 0 radical (unpaired) electrons. The number of carboxylic acid groups (broad SMARTS) is 1. The van der Waals surface area contributed by atoms with Gasteiger partial charge in [-0.1, -0.05) is 50.5 Å². The minimum atomic E-state index is -0.595. The first kappa shape index (κ1) is 23.8. The van der Waals surface area contributed by atoms with Crippen molar-refractivity contribution in [2.75, 3.05) is 0 Å². The zero-order chi connectivity index (χ0) is 23.5. The Balaban J connectivity index is 1.64. The molecule has 3 heteroatoms. The Hall–Kier alpha value is -1.38. The van der Waals surface area contributed by atoms with Gasteiger partial charge >= 0.3 is 5.97 Å². The summed E-state index contributed by atoms with van der Waals surface area (Å²) in [6.07, 6.45) is 12.2. The van der Waals surface area contributed by atoms with Crippen LogP contribution < -0.4 is 0 Å². The highest BCUT2D eigenvalue weighted by Gasteiger charge is 2.59. The van der Waals surface area contributed by atoms with Crippen LogP contribution in [0.25, 0.3) is 0 Å². The highest BCUT2D eigenvalue weighted by atomic mass is 16.4. The van der Waals surface area contributed by atoms with Gasteiger partial charge in [0.05, 0.1) is 5.92 Å². The summed E-state index contributed by atoms with van der Waals surface area (Å²) in [5, 5.41) is 10.1. The van der Waals surface area contributed by atoms with Crippen molar-refractivity contribution < 1.29 is 14.7 Å². The molecule has 0 unspecified atom stereocenters. The van der Waals surface area contributed by atoms with E-state index in [0.717, 1.165) is 57.8 Å². The van der Waals surface area contributed by atoms with E-state index in [9.17, 15) is 14.7 Å². The fraction of sp³-hybridized carbons (Fsp3) is 0.793. The van der Waals surface area contributed by atoms with E-state index in [2.05, 4.69) is 47.6 Å². The molecular formula is C29H44O3. The van der Waals surface area contributed by atoms with Crippen molar-refractivity contribution in [3.63, 3.8) is 0 Å². The molecular weight excluding hydrogens is 396 g/mol. The fourth-order valence-corrected chi connectivity index (χ4v) is 8.85. The second kappa shape index (κ2) is 8.13. The summed E-state index contributed by atoms with van der Waals surface area (Å²) in [7, 11) is 0. The number of ketones is 1. The first-order chi connectivity index (χ1) is 14.9. The molecule has 4 aliphatic carbocycles. The molecule has 2 fully saturated rings. The normalized spacial score (nSPS) is 39.1. The number of Topliss-reactive ketones (excluding diaryl/α,β-unsaturated/α-hetero) is 1. The van der Waals surface area contributed by atoms with Crippen LogP contribution in [-0.2, 0) is 9.59 Å². The van der Waals surface area contributed by atoms with Crippen LogP contribution in [-0.4, -0.2) is 16.9 Å². The van der Waals surface area contributed by atoms with Gasteiger partial charge in [0, 0.05) is 11.8 Å². The Labute approximate surface area is 195 Å². The molecule has 0 aliphatic heterocycles. The van der Waals surface area contributed by atoms with Crippen LogP contribution in [0.5, 0.6) is 0 Å². The highest BCUT2D eigenvalue weighted by Crippen LogP contribution is 2.67. The van der Waals surface area contributed by atoms with Gasteiger partial charge in [0.25, 0.3) is 0 Å². The lowest BCUT2D eigenvalue weighted by atomic mass is 9.46. The molecule has 4 aliphatic rings. The van der Waals surface area contributed by atoms with Crippen molar-refractivity contribution in [3.8, 4) is 0 Å². The van der Waals surface area contributed by atoms with Gasteiger partial charge in [0.2, 0.25) is 0 Å². The molecule has 1 N–H and O–H groups in total. The maximum absolute atomic E-state index is 12.7. The minimum absolute atomic E-state index is 0.107. The standard InChI is InChI=1S/C29H44O3/c1-18(2)8-7-9-20(26(31)32)22-12-11-21-19-10-13-24-27(3,4)25(30)15-17-29(24,6)23(19)14-16-28(21,22)5/h8,20-22,24H,7,9-17H2,1-6H3,(H,31,32)/t20-,21-,22+,24-,28-,29+/m0/s1. The Morgan fingerprint density at radius 2 is 1.78 bits per heavy atom. The molecule has 3 nitrogen and oxygen atoms in total. The van der Waals surface area contributed by atoms with Crippen molar-refractivity contribution in [3.05, 3.63) is 22.8 Å². The molecule has 0 bridgehead atoms. The van der Waals surface area contributed by atoms with Crippen LogP contribution in [0, 0.1) is 39.9 Å². The largest absolute Gasteiger partial charge is 0.481 e. The summed E-state index contributed by atoms with van der Waals surface area (Å²) in [6, 6.07) is 0. The van der Waals surface area contributed by atoms with E-state index in [1.165, 1.54) is 5.57 Å². The number of allylic oxidation sites excluding steroid dienone is 4. The van der Waals surface area contributed by atoms with E-state index in [0.29, 0.717) is 24.0 Å². The smallest absolute Gasteiger partial charge is 0.306 e. The molecule has 0 aromatic heterocycles. The van der Waals surface area contributed by atoms with E-state index in [4.69, 9.17) is 0 Å². The number of rotatable bonds is 5. The average Bonchev–Trinajstić information content (AvgIpc) is 3.05. The first-order valence-corrected chi connectivity index (χ1v) is 13.0. The maximum Gasteiger partial charge on any atom is 0.306 e. The quantitative estimate of drug-likeness (QED) is 0.454. The summed E-state index contributed by atoms with van der Waals surface area (Å²) >= 11 is 0. The van der Waals surface area contributed by atoms with Crippen molar-refractivity contribution in [2.45, 2.75) is 106 Å². The summed E-state index contributed by atoms with van der Waals surface area (Å²) in [5.41, 5.74) is 4.67. The maximum atomic E-state index is 12.7. The van der Waals surface area contributed by atoms with Crippen molar-refractivity contribution in [2.24, 2.45) is 39.9 Å². The molecule has 4 rings (SSSR count). The third-order valence-corrected chi connectivity index (χ3v) is 10.6. The SMILES string of the molecule is CC(C)=CCC[C@H](C(=O)O)[C@H]1CC[C@H]2C3=C(CC[C@]12C)[C@@]1(C)CCC(=O)C(C)(C)[C@@H]1CC3. The van der Waals surface area contributed by atoms with Gasteiger partial charge in [-0.05, 0) is 100 Å². The van der Waals surface area contributed by atoms with Crippen molar-refractivity contribution in [1.29, 1.82) is 0 Å². The van der Waals surface area contributed by atoms with Crippen LogP contribution in [0.15, 0.2) is 22.8 Å². The highest BCUT2D eigenvalue weighted by molar-refractivity contribution is 5.85. The van der Waals surface area contributed by atoms with Gasteiger partial charge in [-0.3, -0.25) is 9.59 Å². The first-order valence-electron chi connectivity index (χ1n) is 13.0. The monoisotopic (exact) mass is 440 g/mol. The predicted molar refractivity (Wildman–Crippen MR) is 129 cm³/mol. The van der Waals surface area contributed by atoms with E-state index < -0.39 is 5.97 Å². The lowest BCUT2D eigenvalue weighted by molar-refractivity contribution is -0.146. The van der Waals surface area contributed by atoms with E-state index in [-0.39, 0.29) is 28.1 Å². The molecule has 2 saturated carbocycles. The van der Waals surface area contributed by atoms with Gasteiger partial charge in [0.1, 0.15) is 5.78 Å². The zero-order valence-electron chi connectivity index (χ0n) is 21.2. The van der Waals surface area contributed by atoms with Crippen LogP contribution in [0.3, 0.4) is 0 Å². The van der Waals surface area contributed by atoms with Crippen LogP contribution in [0.4, 0.5) is 0 Å². The van der Waals surface area contributed by atoms with Gasteiger partial charge < -0.3 is 5.11 Å². The Morgan fingerprint density at radius 1 is 1.06 bits per heavy atom. The molecule has 0 aromatic carbocycles. The topological polar surface area (TPSA) is 54.4 Å². The number of carbonyl (C=O) groups is 2. The number of hydrogen-bond acceptors (Lipinski definition) is 2. The van der Waals surface area contributed by atoms with Crippen LogP contribution >= 0.6 is 0 Å². The minimum Gasteiger partial charge on any atom is -0.481 e. The lowest BCUT2D eigenvalue weighted by Crippen LogP contribution is -2.52. The molecule has 0 amide bonds. The second-order valence-corrected chi connectivity index (χ2v) is 12.7. The molecule has 32 heavy (non-hydrogen) atoms. The van der Waals surface area contributed by atoms with E-state index >= 15 is 0 Å². The number of fused-ring (bicyclic) bond motifs is 4. The van der Waals surface area contributed by atoms with E-state index in [1.807, 2.05) is 0 Å². The number of carboxylic acids is 1. The third kappa shape index (κ3) is 3.53. The Kier molecular flexibility index (Phi) is 6.04. The van der Waals surface area contributed by atoms with Crippen LogP contribution in [0.2, 0.25) is 0 Å². The third-order valence-electron chi connectivity index (χ3n) is 10.6. The van der Waals surface area contributed by atoms with Gasteiger partial charge in [-0.25, -0.2) is 0 Å². The number of carbonyl (C=O) groups excluding carboxylic acids is 1. The summed E-state index contributed by atoms with van der Waals surface area (Å²) in [4.78, 5) is 25.1. The number of hydrogen-bond donors (Lipinski definition) is 1. The van der Waals surface area contributed by atoms with Gasteiger partial charge in [-0.15, -0.1) is 0 Å². The lowest BCUT2D eigenvalue weighted by Gasteiger charge is -2.58. The summed E-state index contributed by atoms with van der Waals surface area (Å²) in [5.74, 6) is 0.890. The van der Waals surface area contributed by atoms with Gasteiger partial charge in [0.15, 0.2) is 0 Å². The van der Waals surface area contributed by atoms with E-state index in [1.54, 1.807) is 11.1 Å². The van der Waals surface area contributed by atoms with Crippen molar-refractivity contribution >= 4 is 11.8 Å². The average molecular weight is 441 g/mol.